The predicted octanol–water partition coefficient (Wildman–Crippen LogP) is 5.06. The highest BCUT2D eigenvalue weighted by Gasteiger charge is 2.15. The van der Waals surface area contributed by atoms with Crippen LogP contribution in [0.2, 0.25) is 0 Å². The second-order valence-electron chi connectivity index (χ2n) is 8.22. The van der Waals surface area contributed by atoms with Gasteiger partial charge in [-0.3, -0.25) is 4.68 Å². The molecule has 5 rings (SSSR count). The van der Waals surface area contributed by atoms with E-state index in [1.54, 1.807) is 0 Å². The lowest BCUT2D eigenvalue weighted by molar-refractivity contribution is 0.639. The van der Waals surface area contributed by atoms with Gasteiger partial charge in [-0.1, -0.05) is 48.0 Å². The second-order valence-corrected chi connectivity index (χ2v) is 9.39. The summed E-state index contributed by atoms with van der Waals surface area (Å²) in [4.78, 5) is 6.39. The third kappa shape index (κ3) is 4.18. The molecule has 2 heterocycles. The number of hydrogen-bond acceptors (Lipinski definition) is 4. The maximum atomic E-state index is 4.95. The molecule has 0 unspecified atom stereocenters. The third-order valence-corrected chi connectivity index (χ3v) is 7.10. The van der Waals surface area contributed by atoms with Gasteiger partial charge in [-0.05, 0) is 44.2 Å². The third-order valence-electron chi connectivity index (χ3n) is 5.89. The Morgan fingerprint density at radius 1 is 1.03 bits per heavy atom. The number of benzene rings is 2. The number of nitrogens with zero attached hydrogens (tertiary/aromatic N) is 3. The number of para-hydroxylation sites is 1. The van der Waals surface area contributed by atoms with Crippen molar-refractivity contribution >= 4 is 22.2 Å². The maximum Gasteiger partial charge on any atom is 0.0943 e. The summed E-state index contributed by atoms with van der Waals surface area (Å²) in [6.45, 7) is 4.64. The Hall–Kier alpha value is -2.50. The minimum atomic E-state index is 0.784. The van der Waals surface area contributed by atoms with E-state index in [0.717, 1.165) is 31.7 Å². The van der Waals surface area contributed by atoms with Crippen molar-refractivity contribution in [1.29, 1.82) is 0 Å². The zero-order chi connectivity index (χ0) is 20.3. The van der Waals surface area contributed by atoms with Gasteiger partial charge in [0.25, 0.3) is 0 Å². The summed E-state index contributed by atoms with van der Waals surface area (Å²) in [5.41, 5.74) is 6.25. The van der Waals surface area contributed by atoms with Crippen molar-refractivity contribution in [3.8, 4) is 0 Å². The first-order chi connectivity index (χ1) is 14.8. The Morgan fingerprint density at radius 2 is 1.87 bits per heavy atom. The van der Waals surface area contributed by atoms with Crippen LogP contribution in [0.1, 0.15) is 45.2 Å². The molecule has 0 bridgehead atoms. The van der Waals surface area contributed by atoms with E-state index >= 15 is 0 Å². The van der Waals surface area contributed by atoms with Crippen LogP contribution in [0.25, 0.3) is 10.9 Å². The van der Waals surface area contributed by atoms with Gasteiger partial charge in [0.15, 0.2) is 0 Å². The molecule has 0 amide bonds. The number of aryl methyl sites for hydroxylation is 3. The van der Waals surface area contributed by atoms with Crippen LogP contribution in [0.15, 0.2) is 48.5 Å². The lowest BCUT2D eigenvalue weighted by atomic mass is 10.0. The Labute approximate surface area is 182 Å². The van der Waals surface area contributed by atoms with Crippen molar-refractivity contribution < 1.29 is 0 Å². The van der Waals surface area contributed by atoms with Crippen LogP contribution in [0.3, 0.4) is 0 Å². The average Bonchev–Trinajstić information content (AvgIpc) is 3.34. The zero-order valence-electron chi connectivity index (χ0n) is 17.5. The lowest BCUT2D eigenvalue weighted by Gasteiger charge is -2.06. The largest absolute Gasteiger partial charge is 0.311 e. The van der Waals surface area contributed by atoms with E-state index in [1.165, 1.54) is 63.3 Å². The molecule has 1 aliphatic carbocycles. The normalized spacial score (nSPS) is 13.6. The minimum absolute atomic E-state index is 0.784. The van der Waals surface area contributed by atoms with Crippen molar-refractivity contribution in [2.45, 2.75) is 52.1 Å². The van der Waals surface area contributed by atoms with E-state index in [0.29, 0.717) is 0 Å². The van der Waals surface area contributed by atoms with Crippen LogP contribution in [0, 0.1) is 6.92 Å². The standard InChI is InChI=1S/C25H28N4S/c1-18-10-12-19(13-11-18)17-29-23-8-4-2-6-20(23)22(28-29)16-26-15-14-25-27-21-7-3-5-9-24(21)30-25/h2,4,6,8,10-13,26H,3,5,7,9,14-17H2,1H3. The summed E-state index contributed by atoms with van der Waals surface area (Å²) in [6.07, 6.45) is 6.02. The van der Waals surface area contributed by atoms with Gasteiger partial charge in [0.1, 0.15) is 0 Å². The van der Waals surface area contributed by atoms with E-state index < -0.39 is 0 Å². The van der Waals surface area contributed by atoms with Gasteiger partial charge >= 0.3 is 0 Å². The second kappa shape index (κ2) is 8.70. The van der Waals surface area contributed by atoms with Gasteiger partial charge in [-0.25, -0.2) is 4.98 Å². The van der Waals surface area contributed by atoms with Gasteiger partial charge < -0.3 is 5.32 Å². The number of hydrogen-bond donors (Lipinski definition) is 1. The summed E-state index contributed by atoms with van der Waals surface area (Å²) >= 11 is 1.92. The molecular weight excluding hydrogens is 388 g/mol. The maximum absolute atomic E-state index is 4.95. The number of rotatable bonds is 7. The molecule has 1 N–H and O–H groups in total. The van der Waals surface area contributed by atoms with Crippen LogP contribution in [0.5, 0.6) is 0 Å². The first-order valence-corrected chi connectivity index (χ1v) is 11.8. The Morgan fingerprint density at radius 3 is 2.73 bits per heavy atom. The summed E-state index contributed by atoms with van der Waals surface area (Å²) < 4.78 is 2.13. The average molecular weight is 417 g/mol. The van der Waals surface area contributed by atoms with Gasteiger partial charge in [-0.2, -0.15) is 5.10 Å². The Kier molecular flexibility index (Phi) is 5.65. The van der Waals surface area contributed by atoms with Crippen molar-refractivity contribution in [3.63, 3.8) is 0 Å². The van der Waals surface area contributed by atoms with Crippen molar-refractivity contribution in [3.05, 3.63) is 80.9 Å². The highest BCUT2D eigenvalue weighted by Crippen LogP contribution is 2.26. The topological polar surface area (TPSA) is 42.7 Å². The molecule has 4 nitrogen and oxygen atoms in total. The number of fused-ring (bicyclic) bond motifs is 2. The smallest absolute Gasteiger partial charge is 0.0943 e. The van der Waals surface area contributed by atoms with E-state index in [1.807, 2.05) is 11.3 Å². The molecule has 0 fully saturated rings. The molecule has 154 valence electrons. The molecule has 5 heteroatoms. The molecule has 0 aliphatic heterocycles. The molecule has 0 atom stereocenters. The fourth-order valence-corrected chi connectivity index (χ4v) is 5.38. The van der Waals surface area contributed by atoms with E-state index in [-0.39, 0.29) is 0 Å². The van der Waals surface area contributed by atoms with E-state index in [4.69, 9.17) is 10.1 Å². The number of aromatic nitrogens is 3. The first-order valence-electron chi connectivity index (χ1n) is 10.9. The van der Waals surface area contributed by atoms with Crippen molar-refractivity contribution in [2.75, 3.05) is 6.54 Å². The molecule has 0 radical (unpaired) electrons. The predicted molar refractivity (Wildman–Crippen MR) is 124 cm³/mol. The molecule has 2 aromatic heterocycles. The van der Waals surface area contributed by atoms with Crippen LogP contribution in [-0.4, -0.2) is 21.3 Å². The monoisotopic (exact) mass is 416 g/mol. The van der Waals surface area contributed by atoms with E-state index in [2.05, 4.69) is 65.5 Å². The Balaban J connectivity index is 1.25. The highest BCUT2D eigenvalue weighted by atomic mass is 32.1. The van der Waals surface area contributed by atoms with Gasteiger partial charge in [0, 0.05) is 29.8 Å². The Bertz CT molecular complexity index is 1120. The summed E-state index contributed by atoms with van der Waals surface area (Å²) in [7, 11) is 0. The summed E-state index contributed by atoms with van der Waals surface area (Å²) in [5.74, 6) is 0. The molecule has 30 heavy (non-hydrogen) atoms. The van der Waals surface area contributed by atoms with Crippen LogP contribution >= 0.6 is 11.3 Å². The highest BCUT2D eigenvalue weighted by molar-refractivity contribution is 7.11. The molecule has 0 saturated heterocycles. The molecule has 2 aromatic carbocycles. The molecule has 1 aliphatic rings. The lowest BCUT2D eigenvalue weighted by Crippen LogP contribution is -2.17. The van der Waals surface area contributed by atoms with Crippen molar-refractivity contribution in [2.24, 2.45) is 0 Å². The molecule has 0 spiro atoms. The SMILES string of the molecule is Cc1ccc(Cn2nc(CNCCc3nc4c(s3)CCCC4)c3ccccc32)cc1. The fraction of sp³-hybridized carbons (Fsp3) is 0.360. The minimum Gasteiger partial charge on any atom is -0.311 e. The van der Waals surface area contributed by atoms with Gasteiger partial charge in [-0.15, -0.1) is 11.3 Å². The number of nitrogens with one attached hydrogen (secondary N) is 1. The van der Waals surface area contributed by atoms with Gasteiger partial charge in [0.2, 0.25) is 0 Å². The fourth-order valence-electron chi connectivity index (χ4n) is 4.23. The van der Waals surface area contributed by atoms with Crippen LogP contribution in [0.4, 0.5) is 0 Å². The summed E-state index contributed by atoms with van der Waals surface area (Å²) in [5, 5.41) is 11.1. The molecule has 4 aromatic rings. The molecular formula is C25H28N4S. The van der Waals surface area contributed by atoms with E-state index in [9.17, 15) is 0 Å². The summed E-state index contributed by atoms with van der Waals surface area (Å²) in [6, 6.07) is 17.3. The molecule has 0 saturated carbocycles. The number of thiazole rings is 1. The van der Waals surface area contributed by atoms with Crippen LogP contribution < -0.4 is 5.32 Å². The first kappa shape index (κ1) is 19.5. The zero-order valence-corrected chi connectivity index (χ0v) is 18.3. The van der Waals surface area contributed by atoms with Crippen molar-refractivity contribution in [1.82, 2.24) is 20.1 Å². The quantitative estimate of drug-likeness (QED) is 0.428. The van der Waals surface area contributed by atoms with Crippen LogP contribution in [-0.2, 0) is 32.4 Å². The van der Waals surface area contributed by atoms with Gasteiger partial charge in [0.05, 0.1) is 28.5 Å².